The fourth-order valence-electron chi connectivity index (χ4n) is 0.782. The van der Waals surface area contributed by atoms with E-state index in [9.17, 15) is 4.79 Å². The first-order valence-corrected chi connectivity index (χ1v) is 5.71. The van der Waals surface area contributed by atoms with E-state index in [1.807, 2.05) is 0 Å². The third-order valence-corrected chi connectivity index (χ3v) is 2.75. The molecule has 0 rings (SSSR count). The van der Waals surface area contributed by atoms with Gasteiger partial charge in [-0.1, -0.05) is 6.92 Å². The highest BCUT2D eigenvalue weighted by molar-refractivity contribution is 8.18. The van der Waals surface area contributed by atoms with Crippen molar-refractivity contribution in [2.45, 2.75) is 16.8 Å². The molecular weight excluding hydrogens is 256 g/mol. The zero-order valence-corrected chi connectivity index (χ0v) is 11.1. The molecule has 0 atom stereocenters. The number of carbonyl (C=O) groups is 1. The Bertz CT molecular complexity index is 202. The molecule has 0 saturated carbocycles. The average Bonchev–Trinajstić information content (AvgIpc) is 2.19. The van der Waals surface area contributed by atoms with E-state index in [4.69, 9.17) is 14.9 Å². The van der Waals surface area contributed by atoms with Gasteiger partial charge in [0.1, 0.15) is 6.61 Å². The Labute approximate surface area is 106 Å². The van der Waals surface area contributed by atoms with Crippen LogP contribution < -0.4 is 0 Å². The van der Waals surface area contributed by atoms with Gasteiger partial charge < -0.3 is 14.9 Å². The predicted octanol–water partition coefficient (Wildman–Crippen LogP) is 0.354. The molecular formula is C8H16O4S3. The van der Waals surface area contributed by atoms with Crippen LogP contribution in [0, 0.1) is 5.41 Å². The average molecular weight is 272 g/mol. The van der Waals surface area contributed by atoms with Gasteiger partial charge in [0, 0.05) is 0 Å². The van der Waals surface area contributed by atoms with Crippen molar-refractivity contribution < 1.29 is 19.7 Å². The lowest BCUT2D eigenvalue weighted by Crippen LogP contribution is -2.37. The molecule has 15 heavy (non-hydrogen) atoms. The van der Waals surface area contributed by atoms with Crippen LogP contribution in [0.4, 0.5) is 0 Å². The topological polar surface area (TPSA) is 66.8 Å². The normalized spacial score (nSPS) is 12.7. The molecule has 0 spiro atoms. The maximum Gasteiger partial charge on any atom is 0.342 e. The number of carbonyl (C=O) groups excluding carboxylic acids is 1. The fraction of sp³-hybridized carbons (Fsp3) is 0.875. The molecule has 0 saturated heterocycles. The van der Waals surface area contributed by atoms with Gasteiger partial charge in [-0.2, -0.15) is 0 Å². The number of aliphatic hydroxyl groups excluding tert-OH is 2. The maximum absolute atomic E-state index is 11.2. The lowest BCUT2D eigenvalue weighted by Gasteiger charge is -2.28. The molecule has 4 nitrogen and oxygen atoms in total. The summed E-state index contributed by atoms with van der Waals surface area (Å²) < 4.78 is 3.39. The van der Waals surface area contributed by atoms with E-state index in [-0.39, 0.29) is 19.8 Å². The van der Waals surface area contributed by atoms with Crippen molar-refractivity contribution in [2.75, 3.05) is 19.8 Å². The van der Waals surface area contributed by atoms with Gasteiger partial charge >= 0.3 is 5.97 Å². The zero-order chi connectivity index (χ0) is 12.1. The molecule has 90 valence electrons. The van der Waals surface area contributed by atoms with Crippen molar-refractivity contribution in [3.8, 4) is 0 Å². The van der Waals surface area contributed by atoms with Gasteiger partial charge in [0.05, 0.1) is 18.6 Å². The summed E-state index contributed by atoms with van der Waals surface area (Å²) in [5, 5.41) is 18.2. The number of thiol groups is 3. The lowest BCUT2D eigenvalue weighted by molar-refractivity contribution is -0.148. The first-order valence-electron chi connectivity index (χ1n) is 4.37. The van der Waals surface area contributed by atoms with Crippen LogP contribution in [0.1, 0.15) is 13.3 Å². The molecule has 0 amide bonds. The van der Waals surface area contributed by atoms with Crippen molar-refractivity contribution in [3.63, 3.8) is 0 Å². The number of hydrogen-bond donors (Lipinski definition) is 5. The van der Waals surface area contributed by atoms with Crippen molar-refractivity contribution in [1.29, 1.82) is 0 Å². The Morgan fingerprint density at radius 3 is 2.00 bits per heavy atom. The van der Waals surface area contributed by atoms with Gasteiger partial charge in [-0.15, -0.1) is 37.9 Å². The van der Waals surface area contributed by atoms with Crippen molar-refractivity contribution >= 4 is 43.9 Å². The van der Waals surface area contributed by atoms with E-state index >= 15 is 0 Å². The Hall–Kier alpha value is 0.440. The summed E-state index contributed by atoms with van der Waals surface area (Å²) in [7, 11) is 0. The molecule has 2 N–H and O–H groups in total. The van der Waals surface area contributed by atoms with E-state index in [2.05, 4.69) is 37.9 Å². The summed E-state index contributed by atoms with van der Waals surface area (Å²) in [6, 6.07) is 0. The van der Waals surface area contributed by atoms with E-state index in [0.717, 1.165) is 0 Å². The predicted molar refractivity (Wildman–Crippen MR) is 67.5 cm³/mol. The maximum atomic E-state index is 11.2. The quantitative estimate of drug-likeness (QED) is 0.275. The Morgan fingerprint density at radius 2 is 1.73 bits per heavy atom. The highest BCUT2D eigenvalue weighted by Gasteiger charge is 2.33. The van der Waals surface area contributed by atoms with Crippen LogP contribution in [0.15, 0.2) is 0 Å². The minimum Gasteiger partial charge on any atom is -0.463 e. The van der Waals surface area contributed by atoms with Crippen LogP contribution in [0.2, 0.25) is 0 Å². The first-order chi connectivity index (χ1) is 6.81. The van der Waals surface area contributed by atoms with Crippen LogP contribution in [0.25, 0.3) is 0 Å². The molecule has 0 radical (unpaired) electrons. The molecule has 0 aliphatic rings. The van der Waals surface area contributed by atoms with Gasteiger partial charge in [0.2, 0.25) is 0 Å². The van der Waals surface area contributed by atoms with E-state index in [0.29, 0.717) is 6.42 Å². The largest absolute Gasteiger partial charge is 0.463 e. The Balaban J connectivity index is 4.29. The fourth-order valence-corrected chi connectivity index (χ4v) is 0.976. The molecule has 0 heterocycles. The van der Waals surface area contributed by atoms with Crippen LogP contribution in [-0.4, -0.2) is 39.4 Å². The van der Waals surface area contributed by atoms with E-state index in [1.165, 1.54) is 0 Å². The standard InChI is InChI=1S/C8H16O4S3/c1-2-7(3-9,4-10)5-12-6(11)8(13,14)15/h9-10,13-15H,2-5H2,1H3. The van der Waals surface area contributed by atoms with Gasteiger partial charge in [0.25, 0.3) is 0 Å². The molecule has 0 aromatic rings. The van der Waals surface area contributed by atoms with Crippen molar-refractivity contribution in [3.05, 3.63) is 0 Å². The molecule has 7 heteroatoms. The Kier molecular flexibility index (Phi) is 6.43. The second kappa shape index (κ2) is 6.24. The van der Waals surface area contributed by atoms with Crippen LogP contribution in [-0.2, 0) is 9.53 Å². The van der Waals surface area contributed by atoms with Gasteiger partial charge in [-0.25, -0.2) is 4.79 Å². The summed E-state index contributed by atoms with van der Waals surface area (Å²) in [5.41, 5.74) is -0.809. The molecule has 0 aliphatic heterocycles. The number of hydrogen-bond acceptors (Lipinski definition) is 7. The molecule has 0 aliphatic carbocycles. The van der Waals surface area contributed by atoms with Gasteiger partial charge in [-0.05, 0) is 6.42 Å². The number of esters is 1. The molecule has 0 fully saturated rings. The minimum atomic E-state index is -1.47. The second-order valence-corrected chi connectivity index (χ2v) is 6.45. The van der Waals surface area contributed by atoms with Gasteiger partial charge in [0.15, 0.2) is 3.41 Å². The Morgan fingerprint density at radius 1 is 1.27 bits per heavy atom. The summed E-state index contributed by atoms with van der Waals surface area (Å²) in [6.07, 6.45) is 0.492. The number of ether oxygens (including phenoxy) is 1. The van der Waals surface area contributed by atoms with Crippen LogP contribution >= 0.6 is 37.9 Å². The molecule has 0 aromatic carbocycles. The molecule has 0 unspecified atom stereocenters. The SMILES string of the molecule is CCC(CO)(CO)COC(=O)C(S)(S)S. The molecule has 0 aromatic heterocycles. The van der Waals surface area contributed by atoms with E-state index < -0.39 is 14.8 Å². The summed E-state index contributed by atoms with van der Waals surface area (Å²) in [6.45, 7) is 1.19. The van der Waals surface area contributed by atoms with Crippen molar-refractivity contribution in [1.82, 2.24) is 0 Å². The monoisotopic (exact) mass is 272 g/mol. The molecule has 0 bridgehead atoms. The van der Waals surface area contributed by atoms with Gasteiger partial charge in [-0.3, -0.25) is 0 Å². The first kappa shape index (κ1) is 15.4. The smallest absolute Gasteiger partial charge is 0.342 e. The summed E-state index contributed by atoms with van der Waals surface area (Å²) in [5.74, 6) is -0.725. The lowest BCUT2D eigenvalue weighted by atomic mass is 9.88. The minimum absolute atomic E-state index is 0.0846. The van der Waals surface area contributed by atoms with Crippen LogP contribution in [0.5, 0.6) is 0 Å². The highest BCUT2D eigenvalue weighted by Crippen LogP contribution is 2.28. The second-order valence-electron chi connectivity index (χ2n) is 3.38. The number of rotatable bonds is 6. The third-order valence-electron chi connectivity index (χ3n) is 2.20. The third kappa shape index (κ3) is 4.86. The summed E-state index contributed by atoms with van der Waals surface area (Å²) in [4.78, 5) is 11.2. The van der Waals surface area contributed by atoms with Crippen molar-refractivity contribution in [2.24, 2.45) is 5.41 Å². The van der Waals surface area contributed by atoms with E-state index in [1.54, 1.807) is 6.92 Å². The highest BCUT2D eigenvalue weighted by atomic mass is 32.2. The van der Waals surface area contributed by atoms with Crippen LogP contribution in [0.3, 0.4) is 0 Å². The summed E-state index contributed by atoms with van der Waals surface area (Å²) >= 11 is 11.4. The zero-order valence-electron chi connectivity index (χ0n) is 8.38. The number of aliphatic hydroxyl groups is 2.